The number of rotatable bonds is 3. The van der Waals surface area contributed by atoms with Crippen molar-refractivity contribution in [2.75, 3.05) is 7.11 Å². The molecule has 6 nitrogen and oxygen atoms in total. The van der Waals surface area contributed by atoms with Gasteiger partial charge in [0.05, 0.1) is 19.0 Å². The molecule has 22 heavy (non-hydrogen) atoms. The smallest absolute Gasteiger partial charge is 0.356 e. The molecule has 0 unspecified atom stereocenters. The third-order valence-corrected chi connectivity index (χ3v) is 3.24. The van der Waals surface area contributed by atoms with E-state index in [4.69, 9.17) is 4.74 Å². The van der Waals surface area contributed by atoms with Crippen molar-refractivity contribution in [2.45, 2.75) is 6.92 Å². The molecule has 0 aliphatic heterocycles. The first-order chi connectivity index (χ1) is 10.7. The second-order valence-corrected chi connectivity index (χ2v) is 4.72. The van der Waals surface area contributed by atoms with Crippen LogP contribution in [0.5, 0.6) is 0 Å². The van der Waals surface area contributed by atoms with Gasteiger partial charge < -0.3 is 4.74 Å². The number of nitrogens with zero attached hydrogens (tertiary/aromatic N) is 4. The Morgan fingerprint density at radius 1 is 1.23 bits per heavy atom. The molecule has 0 fully saturated rings. The van der Waals surface area contributed by atoms with Crippen LogP contribution in [0, 0.1) is 6.92 Å². The minimum atomic E-state index is -0.448. The topological polar surface area (TPSA) is 69.9 Å². The van der Waals surface area contributed by atoms with E-state index in [2.05, 4.69) is 15.1 Å². The van der Waals surface area contributed by atoms with Crippen molar-refractivity contribution in [2.24, 2.45) is 0 Å². The van der Waals surface area contributed by atoms with Crippen LogP contribution in [0.3, 0.4) is 0 Å². The second kappa shape index (κ2) is 5.77. The number of esters is 1. The zero-order valence-corrected chi connectivity index (χ0v) is 12.2. The maximum atomic E-state index is 11.7. The number of hydrogen-bond donors (Lipinski definition) is 0. The van der Waals surface area contributed by atoms with E-state index in [1.165, 1.54) is 7.11 Å². The van der Waals surface area contributed by atoms with Crippen molar-refractivity contribution in [1.82, 2.24) is 19.7 Å². The van der Waals surface area contributed by atoms with Crippen LogP contribution in [-0.4, -0.2) is 32.8 Å². The summed E-state index contributed by atoms with van der Waals surface area (Å²) < 4.78 is 6.41. The van der Waals surface area contributed by atoms with Crippen LogP contribution in [0.15, 0.2) is 48.9 Å². The van der Waals surface area contributed by atoms with Gasteiger partial charge in [-0.15, -0.1) is 0 Å². The lowest BCUT2D eigenvalue weighted by molar-refractivity contribution is 0.0593. The first-order valence-electron chi connectivity index (χ1n) is 6.71. The molecule has 3 heterocycles. The molecule has 0 aliphatic rings. The lowest BCUT2D eigenvalue weighted by Crippen LogP contribution is -2.07. The number of carbonyl (C=O) groups is 1. The average Bonchev–Trinajstić information content (AvgIpc) is 3.05. The zero-order valence-electron chi connectivity index (χ0n) is 12.2. The van der Waals surface area contributed by atoms with Gasteiger partial charge >= 0.3 is 5.97 Å². The zero-order chi connectivity index (χ0) is 15.5. The van der Waals surface area contributed by atoms with Gasteiger partial charge in [-0.05, 0) is 30.7 Å². The summed E-state index contributed by atoms with van der Waals surface area (Å²) in [4.78, 5) is 20.3. The highest BCUT2D eigenvalue weighted by Gasteiger charge is 2.13. The predicted octanol–water partition coefficient (Wildman–Crippen LogP) is 2.42. The van der Waals surface area contributed by atoms with Crippen LogP contribution in [0.25, 0.3) is 17.1 Å². The third-order valence-electron chi connectivity index (χ3n) is 3.24. The highest BCUT2D eigenvalue weighted by molar-refractivity contribution is 5.89. The van der Waals surface area contributed by atoms with Gasteiger partial charge in [-0.3, -0.25) is 0 Å². The SMILES string of the molecule is COC(=O)c1nc(-c2cnn(-c3ccccn3)c2)ccc1C. The molecule has 6 heteroatoms. The molecule has 0 aromatic carbocycles. The maximum absolute atomic E-state index is 11.7. The van der Waals surface area contributed by atoms with Crippen LogP contribution in [0.4, 0.5) is 0 Å². The first-order valence-corrected chi connectivity index (χ1v) is 6.71. The summed E-state index contributed by atoms with van der Waals surface area (Å²) in [6.45, 7) is 1.82. The van der Waals surface area contributed by atoms with Crippen molar-refractivity contribution < 1.29 is 9.53 Å². The van der Waals surface area contributed by atoms with Gasteiger partial charge in [0.2, 0.25) is 0 Å². The van der Waals surface area contributed by atoms with Crippen LogP contribution >= 0.6 is 0 Å². The molecule has 110 valence electrons. The van der Waals surface area contributed by atoms with Gasteiger partial charge in [-0.1, -0.05) is 12.1 Å². The third kappa shape index (κ3) is 2.58. The molecule has 0 amide bonds. The molecular weight excluding hydrogens is 280 g/mol. The van der Waals surface area contributed by atoms with E-state index < -0.39 is 5.97 Å². The normalized spacial score (nSPS) is 10.5. The lowest BCUT2D eigenvalue weighted by atomic mass is 10.1. The van der Waals surface area contributed by atoms with E-state index in [0.29, 0.717) is 17.2 Å². The number of hydrogen-bond acceptors (Lipinski definition) is 5. The molecule has 0 N–H and O–H groups in total. The summed E-state index contributed by atoms with van der Waals surface area (Å²) in [7, 11) is 1.34. The van der Waals surface area contributed by atoms with Gasteiger partial charge in [0, 0.05) is 18.0 Å². The highest BCUT2D eigenvalue weighted by Crippen LogP contribution is 2.19. The van der Waals surface area contributed by atoms with E-state index in [9.17, 15) is 4.79 Å². The Hall–Kier alpha value is -3.02. The van der Waals surface area contributed by atoms with Crippen molar-refractivity contribution in [3.63, 3.8) is 0 Å². The van der Waals surface area contributed by atoms with Gasteiger partial charge in [-0.25, -0.2) is 19.4 Å². The molecule has 0 spiro atoms. The Bertz CT molecular complexity index is 812. The second-order valence-electron chi connectivity index (χ2n) is 4.72. The molecule has 0 saturated heterocycles. The number of aromatic nitrogens is 4. The minimum absolute atomic E-state index is 0.311. The summed E-state index contributed by atoms with van der Waals surface area (Å²) in [5.74, 6) is 0.269. The summed E-state index contributed by atoms with van der Waals surface area (Å²) in [6, 6.07) is 9.29. The monoisotopic (exact) mass is 294 g/mol. The van der Waals surface area contributed by atoms with Crippen molar-refractivity contribution >= 4 is 5.97 Å². The Balaban J connectivity index is 1.99. The fraction of sp³-hybridized carbons (Fsp3) is 0.125. The van der Waals surface area contributed by atoms with E-state index in [1.807, 2.05) is 43.5 Å². The summed E-state index contributed by atoms with van der Waals surface area (Å²) in [6.07, 6.45) is 5.21. The van der Waals surface area contributed by atoms with Crippen LogP contribution in [-0.2, 0) is 4.74 Å². The predicted molar refractivity (Wildman–Crippen MR) is 80.7 cm³/mol. The Morgan fingerprint density at radius 3 is 2.82 bits per heavy atom. The Kier molecular flexibility index (Phi) is 3.65. The van der Waals surface area contributed by atoms with Gasteiger partial charge in [0.15, 0.2) is 11.5 Å². The minimum Gasteiger partial charge on any atom is -0.464 e. The number of methoxy groups -OCH3 is 1. The summed E-state index contributed by atoms with van der Waals surface area (Å²) >= 11 is 0. The van der Waals surface area contributed by atoms with E-state index in [-0.39, 0.29) is 0 Å². The number of ether oxygens (including phenoxy) is 1. The molecule has 3 aromatic heterocycles. The lowest BCUT2D eigenvalue weighted by Gasteiger charge is -2.04. The fourth-order valence-corrected chi connectivity index (χ4v) is 2.06. The van der Waals surface area contributed by atoms with Crippen molar-refractivity contribution in [1.29, 1.82) is 0 Å². The molecule has 3 rings (SSSR count). The standard InChI is InChI=1S/C16H14N4O2/c1-11-6-7-13(19-15(11)16(21)22-2)12-9-18-20(10-12)14-5-3-4-8-17-14/h3-10H,1-2H3. The maximum Gasteiger partial charge on any atom is 0.356 e. The number of carbonyl (C=O) groups excluding carboxylic acids is 1. The van der Waals surface area contributed by atoms with Gasteiger partial charge in [0.1, 0.15) is 0 Å². The summed E-state index contributed by atoms with van der Waals surface area (Å²) in [5, 5.41) is 4.28. The molecule has 0 aliphatic carbocycles. The van der Waals surface area contributed by atoms with Gasteiger partial charge in [-0.2, -0.15) is 5.10 Å². The van der Waals surface area contributed by atoms with Crippen LogP contribution in [0.2, 0.25) is 0 Å². The van der Waals surface area contributed by atoms with Crippen LogP contribution < -0.4 is 0 Å². The molecular formula is C16H14N4O2. The van der Waals surface area contributed by atoms with E-state index in [0.717, 1.165) is 11.1 Å². The van der Waals surface area contributed by atoms with Gasteiger partial charge in [0.25, 0.3) is 0 Å². The fourth-order valence-electron chi connectivity index (χ4n) is 2.06. The van der Waals surface area contributed by atoms with Crippen molar-refractivity contribution in [3.05, 3.63) is 60.2 Å². The molecule has 0 saturated carbocycles. The van der Waals surface area contributed by atoms with Crippen molar-refractivity contribution in [3.8, 4) is 17.1 Å². The molecule has 0 atom stereocenters. The Labute approximate surface area is 127 Å². The highest BCUT2D eigenvalue weighted by atomic mass is 16.5. The molecule has 3 aromatic rings. The number of aryl methyl sites for hydroxylation is 1. The summed E-state index contributed by atoms with van der Waals surface area (Å²) in [5.41, 5.74) is 2.54. The Morgan fingerprint density at radius 2 is 2.09 bits per heavy atom. The average molecular weight is 294 g/mol. The van der Waals surface area contributed by atoms with E-state index >= 15 is 0 Å². The molecule has 0 bridgehead atoms. The quantitative estimate of drug-likeness (QED) is 0.694. The number of pyridine rings is 2. The van der Waals surface area contributed by atoms with Crippen LogP contribution in [0.1, 0.15) is 16.1 Å². The first kappa shape index (κ1) is 13.9. The molecule has 0 radical (unpaired) electrons. The van der Waals surface area contributed by atoms with E-state index in [1.54, 1.807) is 17.1 Å². The largest absolute Gasteiger partial charge is 0.464 e.